The molecule has 0 saturated carbocycles. The highest BCUT2D eigenvalue weighted by molar-refractivity contribution is 6.17. The fourth-order valence-corrected chi connectivity index (χ4v) is 2.16. The van der Waals surface area contributed by atoms with E-state index in [2.05, 4.69) is 21.2 Å². The lowest BCUT2D eigenvalue weighted by molar-refractivity contribution is 0.0470. The molecule has 94 valence electrons. The summed E-state index contributed by atoms with van der Waals surface area (Å²) in [6, 6.07) is 2.08. The lowest BCUT2D eigenvalue weighted by Gasteiger charge is -2.32. The zero-order valence-electron chi connectivity index (χ0n) is 10.1. The van der Waals surface area contributed by atoms with Crippen molar-refractivity contribution in [3.8, 4) is 0 Å². The number of piperidine rings is 1. The summed E-state index contributed by atoms with van der Waals surface area (Å²) in [4.78, 5) is 2.26. The lowest BCUT2D eigenvalue weighted by Crippen LogP contribution is -2.37. The van der Waals surface area contributed by atoms with Gasteiger partial charge in [0.25, 0.3) is 0 Å². The van der Waals surface area contributed by atoms with Crippen LogP contribution in [0.1, 0.15) is 18.4 Å². The van der Waals surface area contributed by atoms with Crippen molar-refractivity contribution in [1.29, 1.82) is 0 Å². The standard InChI is InChI=1S/C12H18ClN3O/c1-10-8-12(15-14-9-10)16-5-2-11(3-6-16)17-7-4-13/h8-9,11H,2-7H2,1H3. The van der Waals surface area contributed by atoms with Crippen LogP contribution in [0.15, 0.2) is 12.3 Å². The zero-order valence-corrected chi connectivity index (χ0v) is 10.9. The van der Waals surface area contributed by atoms with Crippen molar-refractivity contribution in [3.05, 3.63) is 17.8 Å². The van der Waals surface area contributed by atoms with Gasteiger partial charge in [-0.05, 0) is 31.4 Å². The highest BCUT2D eigenvalue weighted by atomic mass is 35.5. The van der Waals surface area contributed by atoms with Crippen LogP contribution in [0.3, 0.4) is 0 Å². The summed E-state index contributed by atoms with van der Waals surface area (Å²) in [6.07, 6.45) is 4.20. The van der Waals surface area contributed by atoms with Crippen LogP contribution in [0.4, 0.5) is 5.82 Å². The summed E-state index contributed by atoms with van der Waals surface area (Å²) < 4.78 is 5.65. The van der Waals surface area contributed by atoms with Crippen molar-refractivity contribution < 1.29 is 4.74 Å². The van der Waals surface area contributed by atoms with E-state index in [0.717, 1.165) is 37.3 Å². The van der Waals surface area contributed by atoms with Crippen LogP contribution in [0.2, 0.25) is 0 Å². The first kappa shape index (κ1) is 12.6. The number of halogens is 1. The van der Waals surface area contributed by atoms with Gasteiger partial charge in [0.15, 0.2) is 5.82 Å². The molecule has 1 saturated heterocycles. The van der Waals surface area contributed by atoms with E-state index in [1.54, 1.807) is 6.20 Å². The van der Waals surface area contributed by atoms with Crippen LogP contribution in [0.5, 0.6) is 0 Å². The average Bonchev–Trinajstić information content (AvgIpc) is 2.37. The minimum atomic E-state index is 0.350. The molecule has 0 aliphatic carbocycles. The number of alkyl halides is 1. The van der Waals surface area contributed by atoms with Crippen LogP contribution in [0, 0.1) is 6.92 Å². The van der Waals surface area contributed by atoms with Gasteiger partial charge in [-0.1, -0.05) is 0 Å². The van der Waals surface area contributed by atoms with Crippen molar-refractivity contribution in [2.24, 2.45) is 0 Å². The first-order valence-corrected chi connectivity index (χ1v) is 6.55. The minimum absolute atomic E-state index is 0.350. The van der Waals surface area contributed by atoms with Gasteiger partial charge >= 0.3 is 0 Å². The van der Waals surface area contributed by atoms with Gasteiger partial charge in [0.2, 0.25) is 0 Å². The number of hydrogen-bond donors (Lipinski definition) is 0. The molecule has 0 amide bonds. The van der Waals surface area contributed by atoms with Crippen molar-refractivity contribution in [1.82, 2.24) is 10.2 Å². The number of ether oxygens (including phenoxy) is 1. The lowest BCUT2D eigenvalue weighted by atomic mass is 10.1. The van der Waals surface area contributed by atoms with E-state index in [9.17, 15) is 0 Å². The molecule has 1 aromatic rings. The molecule has 1 fully saturated rings. The maximum absolute atomic E-state index is 5.65. The highest BCUT2D eigenvalue weighted by Crippen LogP contribution is 2.19. The summed E-state index contributed by atoms with van der Waals surface area (Å²) >= 11 is 5.61. The maximum atomic E-state index is 5.65. The van der Waals surface area contributed by atoms with E-state index < -0.39 is 0 Å². The number of nitrogens with zero attached hydrogens (tertiary/aromatic N) is 3. The zero-order chi connectivity index (χ0) is 12.1. The Morgan fingerprint density at radius 2 is 2.24 bits per heavy atom. The van der Waals surface area contributed by atoms with Crippen LogP contribution >= 0.6 is 11.6 Å². The fourth-order valence-electron chi connectivity index (χ4n) is 2.07. The molecule has 17 heavy (non-hydrogen) atoms. The molecule has 0 aromatic carbocycles. The third kappa shape index (κ3) is 3.54. The fraction of sp³-hybridized carbons (Fsp3) is 0.667. The second kappa shape index (κ2) is 6.17. The number of anilines is 1. The van der Waals surface area contributed by atoms with Crippen LogP contribution in [-0.2, 0) is 4.74 Å². The number of aromatic nitrogens is 2. The van der Waals surface area contributed by atoms with Crippen LogP contribution < -0.4 is 4.90 Å². The first-order valence-electron chi connectivity index (χ1n) is 6.01. The summed E-state index contributed by atoms with van der Waals surface area (Å²) in [5.41, 5.74) is 1.15. The van der Waals surface area contributed by atoms with Gasteiger partial charge in [0.1, 0.15) is 0 Å². The number of aryl methyl sites for hydroxylation is 1. The molecule has 0 unspecified atom stereocenters. The molecule has 0 atom stereocenters. The van der Waals surface area contributed by atoms with E-state index >= 15 is 0 Å². The first-order chi connectivity index (χ1) is 8.29. The van der Waals surface area contributed by atoms with Crippen molar-refractivity contribution in [2.75, 3.05) is 30.5 Å². The SMILES string of the molecule is Cc1cnnc(N2CCC(OCCCl)CC2)c1. The predicted octanol–water partition coefficient (Wildman–Crippen LogP) is 2.01. The topological polar surface area (TPSA) is 38.2 Å². The maximum Gasteiger partial charge on any atom is 0.151 e. The quantitative estimate of drug-likeness (QED) is 0.772. The Kier molecular flexibility index (Phi) is 4.57. The number of hydrogen-bond acceptors (Lipinski definition) is 4. The Bertz CT molecular complexity index is 353. The molecule has 0 spiro atoms. The van der Waals surface area contributed by atoms with E-state index in [1.165, 1.54) is 0 Å². The molecular formula is C12H18ClN3O. The van der Waals surface area contributed by atoms with Gasteiger partial charge in [-0.25, -0.2) is 0 Å². The average molecular weight is 256 g/mol. The van der Waals surface area contributed by atoms with Crippen molar-refractivity contribution >= 4 is 17.4 Å². The van der Waals surface area contributed by atoms with Gasteiger partial charge in [0, 0.05) is 19.0 Å². The van der Waals surface area contributed by atoms with E-state index in [1.807, 2.05) is 6.92 Å². The van der Waals surface area contributed by atoms with Gasteiger partial charge in [-0.3, -0.25) is 0 Å². The largest absolute Gasteiger partial charge is 0.377 e. The monoisotopic (exact) mass is 255 g/mol. The Balaban J connectivity index is 1.86. The molecule has 1 aliphatic rings. The second-order valence-electron chi connectivity index (χ2n) is 4.34. The molecule has 2 heterocycles. The molecule has 0 bridgehead atoms. The number of rotatable bonds is 4. The summed E-state index contributed by atoms with van der Waals surface area (Å²) in [5, 5.41) is 8.15. The van der Waals surface area contributed by atoms with Gasteiger partial charge in [-0.2, -0.15) is 5.10 Å². The van der Waals surface area contributed by atoms with E-state index in [4.69, 9.17) is 16.3 Å². The second-order valence-corrected chi connectivity index (χ2v) is 4.72. The van der Waals surface area contributed by atoms with Gasteiger partial charge < -0.3 is 9.64 Å². The Labute approximate surface area is 107 Å². The Morgan fingerprint density at radius 1 is 1.47 bits per heavy atom. The van der Waals surface area contributed by atoms with Crippen molar-refractivity contribution in [3.63, 3.8) is 0 Å². The van der Waals surface area contributed by atoms with Crippen LogP contribution in [-0.4, -0.2) is 41.9 Å². The third-order valence-electron chi connectivity index (χ3n) is 2.98. The summed E-state index contributed by atoms with van der Waals surface area (Å²) in [5.74, 6) is 1.55. The highest BCUT2D eigenvalue weighted by Gasteiger charge is 2.20. The third-order valence-corrected chi connectivity index (χ3v) is 3.13. The minimum Gasteiger partial charge on any atom is -0.377 e. The van der Waals surface area contributed by atoms with Crippen molar-refractivity contribution in [2.45, 2.75) is 25.9 Å². The Hall–Kier alpha value is -0.870. The van der Waals surface area contributed by atoms with Gasteiger partial charge in [0.05, 0.1) is 18.9 Å². The molecule has 1 aliphatic heterocycles. The summed E-state index contributed by atoms with van der Waals surface area (Å²) in [7, 11) is 0. The Morgan fingerprint density at radius 3 is 2.88 bits per heavy atom. The smallest absolute Gasteiger partial charge is 0.151 e. The van der Waals surface area contributed by atoms with Gasteiger partial charge in [-0.15, -0.1) is 16.7 Å². The van der Waals surface area contributed by atoms with Crippen LogP contribution in [0.25, 0.3) is 0 Å². The van der Waals surface area contributed by atoms with E-state index in [-0.39, 0.29) is 0 Å². The molecule has 2 rings (SSSR count). The molecule has 4 nitrogen and oxygen atoms in total. The molecule has 0 N–H and O–H groups in total. The predicted molar refractivity (Wildman–Crippen MR) is 68.7 cm³/mol. The van der Waals surface area contributed by atoms with E-state index in [0.29, 0.717) is 18.6 Å². The molecule has 5 heteroatoms. The molecular weight excluding hydrogens is 238 g/mol. The molecule has 0 radical (unpaired) electrons. The summed E-state index contributed by atoms with van der Waals surface area (Å²) in [6.45, 7) is 4.64. The molecule has 1 aromatic heterocycles. The normalized spacial score (nSPS) is 17.4.